The van der Waals surface area contributed by atoms with E-state index < -0.39 is 14.9 Å². The fraction of sp³-hybridized carbons (Fsp3) is 0.250. The summed E-state index contributed by atoms with van der Waals surface area (Å²) in [6, 6.07) is 9.94. The molecule has 0 saturated carbocycles. The van der Waals surface area contributed by atoms with Gasteiger partial charge in [-0.2, -0.15) is 0 Å². The Morgan fingerprint density at radius 2 is 1.92 bits per heavy atom. The van der Waals surface area contributed by atoms with E-state index in [2.05, 4.69) is 4.72 Å². The lowest BCUT2D eigenvalue weighted by atomic mass is 10.2. The number of sulfonamides is 1. The highest BCUT2D eigenvalue weighted by Crippen LogP contribution is 2.28. The van der Waals surface area contributed by atoms with Gasteiger partial charge in [0.15, 0.2) is 11.5 Å². The van der Waals surface area contributed by atoms with Crippen molar-refractivity contribution >= 4 is 15.7 Å². The Morgan fingerprint density at radius 3 is 2.56 bits per heavy atom. The zero-order valence-corrected chi connectivity index (χ0v) is 14.6. The van der Waals surface area contributed by atoms with Gasteiger partial charge in [-0.25, -0.2) is 13.1 Å². The molecule has 134 valence electrons. The number of nitro benzene ring substituents is 1. The van der Waals surface area contributed by atoms with Gasteiger partial charge in [0, 0.05) is 18.7 Å². The van der Waals surface area contributed by atoms with Crippen LogP contribution in [0.15, 0.2) is 47.4 Å². The van der Waals surface area contributed by atoms with Crippen LogP contribution in [0.1, 0.15) is 12.5 Å². The highest BCUT2D eigenvalue weighted by molar-refractivity contribution is 7.89. The Bertz CT molecular complexity index is 867. The van der Waals surface area contributed by atoms with Gasteiger partial charge in [-0.05, 0) is 30.7 Å². The van der Waals surface area contributed by atoms with E-state index in [-0.39, 0.29) is 17.1 Å². The molecule has 2 aromatic rings. The van der Waals surface area contributed by atoms with Crippen molar-refractivity contribution in [3.63, 3.8) is 0 Å². The maximum atomic E-state index is 12.3. The van der Waals surface area contributed by atoms with Crippen LogP contribution in [0.3, 0.4) is 0 Å². The van der Waals surface area contributed by atoms with E-state index in [1.165, 1.54) is 25.3 Å². The summed E-state index contributed by atoms with van der Waals surface area (Å²) in [7, 11) is -2.37. The Morgan fingerprint density at radius 1 is 1.16 bits per heavy atom. The lowest BCUT2D eigenvalue weighted by molar-refractivity contribution is -0.385. The smallest absolute Gasteiger partial charge is 0.270 e. The average Bonchev–Trinajstić information content (AvgIpc) is 2.60. The van der Waals surface area contributed by atoms with Gasteiger partial charge < -0.3 is 9.47 Å². The number of nitrogens with one attached hydrogen (secondary N) is 1. The summed E-state index contributed by atoms with van der Waals surface area (Å²) >= 11 is 0. The highest BCUT2D eigenvalue weighted by atomic mass is 32.2. The third kappa shape index (κ3) is 4.68. The quantitative estimate of drug-likeness (QED) is 0.568. The minimum atomic E-state index is -3.88. The molecule has 0 spiro atoms. The standard InChI is InChI=1S/C16H18N2O6S/c1-3-24-16-9-12(7-8-15(16)23-2)11-17-25(21,22)14-6-4-5-13(10-14)18(19)20/h4-10,17H,3,11H2,1-2H3. The van der Waals surface area contributed by atoms with E-state index in [0.29, 0.717) is 23.7 Å². The Hall–Kier alpha value is -2.65. The van der Waals surface area contributed by atoms with Crippen LogP contribution in [0, 0.1) is 10.1 Å². The first kappa shape index (κ1) is 18.7. The molecule has 2 aromatic carbocycles. The summed E-state index contributed by atoms with van der Waals surface area (Å²) in [6.45, 7) is 2.28. The molecule has 0 heterocycles. The predicted molar refractivity (Wildman–Crippen MR) is 91.3 cm³/mol. The number of nitrogens with zero attached hydrogens (tertiary/aromatic N) is 1. The van der Waals surface area contributed by atoms with Crippen LogP contribution in [-0.4, -0.2) is 27.1 Å². The monoisotopic (exact) mass is 366 g/mol. The van der Waals surface area contributed by atoms with Gasteiger partial charge in [-0.1, -0.05) is 12.1 Å². The van der Waals surface area contributed by atoms with Gasteiger partial charge in [-0.15, -0.1) is 0 Å². The second-order valence-corrected chi connectivity index (χ2v) is 6.76. The lowest BCUT2D eigenvalue weighted by Crippen LogP contribution is -2.23. The van der Waals surface area contributed by atoms with E-state index in [1.807, 2.05) is 6.92 Å². The number of rotatable bonds is 8. The summed E-state index contributed by atoms with van der Waals surface area (Å²) < 4.78 is 37.7. The summed E-state index contributed by atoms with van der Waals surface area (Å²) in [5, 5.41) is 10.8. The van der Waals surface area contributed by atoms with Gasteiger partial charge in [0.25, 0.3) is 5.69 Å². The van der Waals surface area contributed by atoms with Crippen molar-refractivity contribution < 1.29 is 22.8 Å². The van der Waals surface area contributed by atoms with Gasteiger partial charge in [-0.3, -0.25) is 10.1 Å². The molecule has 0 amide bonds. The van der Waals surface area contributed by atoms with Crippen LogP contribution >= 0.6 is 0 Å². The van der Waals surface area contributed by atoms with Crippen molar-refractivity contribution in [3.05, 3.63) is 58.1 Å². The minimum absolute atomic E-state index is 0.00902. The normalized spacial score (nSPS) is 11.1. The van der Waals surface area contributed by atoms with Crippen LogP contribution in [0.5, 0.6) is 11.5 Å². The number of non-ortho nitro benzene ring substituents is 1. The minimum Gasteiger partial charge on any atom is -0.493 e. The second-order valence-electron chi connectivity index (χ2n) is 5.00. The second kappa shape index (κ2) is 7.95. The number of hydrogen-bond donors (Lipinski definition) is 1. The molecule has 0 bridgehead atoms. The van der Waals surface area contributed by atoms with Crippen molar-refractivity contribution in [3.8, 4) is 11.5 Å². The molecule has 0 radical (unpaired) electrons. The first-order valence-corrected chi connectivity index (χ1v) is 8.89. The van der Waals surface area contributed by atoms with Crippen LogP contribution in [0.25, 0.3) is 0 Å². The van der Waals surface area contributed by atoms with E-state index in [1.54, 1.807) is 18.2 Å². The maximum Gasteiger partial charge on any atom is 0.270 e. The molecule has 1 N–H and O–H groups in total. The van der Waals surface area contributed by atoms with Crippen molar-refractivity contribution in [2.24, 2.45) is 0 Å². The van der Waals surface area contributed by atoms with E-state index in [0.717, 1.165) is 6.07 Å². The maximum absolute atomic E-state index is 12.3. The van der Waals surface area contributed by atoms with Gasteiger partial charge in [0.05, 0.1) is 23.5 Å². The number of benzene rings is 2. The molecule has 0 aliphatic carbocycles. The first-order chi connectivity index (χ1) is 11.9. The summed E-state index contributed by atoms with van der Waals surface area (Å²) in [4.78, 5) is 9.97. The molecule has 0 saturated heterocycles. The molecular formula is C16H18N2O6S. The first-order valence-electron chi connectivity index (χ1n) is 7.41. The zero-order valence-electron chi connectivity index (χ0n) is 13.8. The largest absolute Gasteiger partial charge is 0.493 e. The Labute approximate surface area is 145 Å². The molecule has 0 unspecified atom stereocenters. The lowest BCUT2D eigenvalue weighted by Gasteiger charge is -2.12. The van der Waals surface area contributed by atoms with Crippen molar-refractivity contribution in [2.45, 2.75) is 18.4 Å². The van der Waals surface area contributed by atoms with E-state index >= 15 is 0 Å². The molecule has 0 atom stereocenters. The summed E-state index contributed by atoms with van der Waals surface area (Å²) in [5.74, 6) is 1.06. The highest BCUT2D eigenvalue weighted by Gasteiger charge is 2.17. The SMILES string of the molecule is CCOc1cc(CNS(=O)(=O)c2cccc([N+](=O)[O-])c2)ccc1OC. The molecule has 0 aromatic heterocycles. The van der Waals surface area contributed by atoms with E-state index in [4.69, 9.17) is 9.47 Å². The van der Waals surface area contributed by atoms with Gasteiger partial charge in [0.1, 0.15) is 0 Å². The molecule has 0 aliphatic heterocycles. The average molecular weight is 366 g/mol. The molecule has 8 nitrogen and oxygen atoms in total. The summed E-state index contributed by atoms with van der Waals surface area (Å²) in [6.07, 6.45) is 0. The number of methoxy groups -OCH3 is 1. The van der Waals surface area contributed by atoms with Gasteiger partial charge >= 0.3 is 0 Å². The Balaban J connectivity index is 2.18. The predicted octanol–water partition coefficient (Wildman–Crippen LogP) is 2.48. The van der Waals surface area contributed by atoms with Crippen LogP contribution in [0.2, 0.25) is 0 Å². The van der Waals surface area contributed by atoms with E-state index in [9.17, 15) is 18.5 Å². The van der Waals surface area contributed by atoms with Crippen molar-refractivity contribution in [2.75, 3.05) is 13.7 Å². The molecule has 0 fully saturated rings. The molecule has 25 heavy (non-hydrogen) atoms. The van der Waals surface area contributed by atoms with Crippen molar-refractivity contribution in [1.29, 1.82) is 0 Å². The van der Waals surface area contributed by atoms with Gasteiger partial charge in [0.2, 0.25) is 10.0 Å². The molecule has 0 aliphatic rings. The number of nitro groups is 1. The number of ether oxygens (including phenoxy) is 2. The third-order valence-electron chi connectivity index (χ3n) is 3.33. The molecular weight excluding hydrogens is 348 g/mol. The third-order valence-corrected chi connectivity index (χ3v) is 4.73. The fourth-order valence-electron chi connectivity index (χ4n) is 2.13. The van der Waals surface area contributed by atoms with Crippen LogP contribution in [-0.2, 0) is 16.6 Å². The van der Waals surface area contributed by atoms with Crippen molar-refractivity contribution in [1.82, 2.24) is 4.72 Å². The summed E-state index contributed by atoms with van der Waals surface area (Å²) in [5.41, 5.74) is 0.379. The van der Waals surface area contributed by atoms with Crippen LogP contribution in [0.4, 0.5) is 5.69 Å². The zero-order chi connectivity index (χ0) is 18.4. The topological polar surface area (TPSA) is 108 Å². The molecule has 9 heteroatoms. The Kier molecular flexibility index (Phi) is 5.94. The fourth-order valence-corrected chi connectivity index (χ4v) is 3.18. The number of hydrogen-bond acceptors (Lipinski definition) is 6. The van der Waals surface area contributed by atoms with Crippen LogP contribution < -0.4 is 14.2 Å². The molecule has 2 rings (SSSR count).